The fourth-order valence-electron chi connectivity index (χ4n) is 3.76. The van der Waals surface area contributed by atoms with Crippen LogP contribution in [0.15, 0.2) is 48.5 Å². The summed E-state index contributed by atoms with van der Waals surface area (Å²) in [6.45, 7) is 3.03. The smallest absolute Gasteiger partial charge is 0.264 e. The summed E-state index contributed by atoms with van der Waals surface area (Å²) >= 11 is 1.54. The standard InChI is InChI=1S/C20H19N3O2S/c24-20(17-13-14-5-1-3-7-16(14)25-17)23-11-9-22(10-12-23)19-15-6-2-4-8-18(15)26-21-19/h1-8,17H,9-13H2. The van der Waals surface area contributed by atoms with Crippen LogP contribution >= 0.6 is 11.5 Å². The Morgan fingerprint density at radius 3 is 2.65 bits per heavy atom. The van der Waals surface area contributed by atoms with Crippen LogP contribution in [-0.2, 0) is 11.2 Å². The number of amides is 1. The average molecular weight is 365 g/mol. The molecule has 2 aromatic carbocycles. The van der Waals surface area contributed by atoms with Crippen molar-refractivity contribution in [2.45, 2.75) is 12.5 Å². The molecule has 0 spiro atoms. The Balaban J connectivity index is 1.25. The number of nitrogens with zero attached hydrogens (tertiary/aromatic N) is 3. The fourth-order valence-corrected chi connectivity index (χ4v) is 4.56. The fraction of sp³-hybridized carbons (Fsp3) is 0.300. The molecule has 0 radical (unpaired) electrons. The van der Waals surface area contributed by atoms with E-state index >= 15 is 0 Å². The van der Waals surface area contributed by atoms with Crippen molar-refractivity contribution in [2.24, 2.45) is 0 Å². The number of aromatic nitrogens is 1. The van der Waals surface area contributed by atoms with Crippen LogP contribution in [-0.4, -0.2) is 47.5 Å². The van der Waals surface area contributed by atoms with Crippen LogP contribution in [0.25, 0.3) is 10.1 Å². The first-order valence-corrected chi connectivity index (χ1v) is 9.69. The van der Waals surface area contributed by atoms with Crippen molar-refractivity contribution in [3.05, 3.63) is 54.1 Å². The normalized spacial score (nSPS) is 19.5. The van der Waals surface area contributed by atoms with Crippen LogP contribution in [0.3, 0.4) is 0 Å². The van der Waals surface area contributed by atoms with Crippen LogP contribution in [0.1, 0.15) is 5.56 Å². The molecule has 6 heteroatoms. The number of ether oxygens (including phenoxy) is 1. The average Bonchev–Trinajstić information content (AvgIpc) is 3.32. The van der Waals surface area contributed by atoms with Crippen LogP contribution in [0.5, 0.6) is 5.75 Å². The zero-order valence-corrected chi connectivity index (χ0v) is 15.1. The van der Waals surface area contributed by atoms with Crippen LogP contribution < -0.4 is 9.64 Å². The zero-order valence-electron chi connectivity index (χ0n) is 14.3. The van der Waals surface area contributed by atoms with Crippen molar-refractivity contribution >= 4 is 33.3 Å². The molecule has 1 aromatic heterocycles. The minimum atomic E-state index is -0.376. The summed E-state index contributed by atoms with van der Waals surface area (Å²) in [7, 11) is 0. The highest BCUT2D eigenvalue weighted by Crippen LogP contribution is 2.31. The van der Waals surface area contributed by atoms with Gasteiger partial charge in [0.05, 0.1) is 4.70 Å². The van der Waals surface area contributed by atoms with Crippen molar-refractivity contribution < 1.29 is 9.53 Å². The number of rotatable bonds is 2. The van der Waals surface area contributed by atoms with Gasteiger partial charge in [0.1, 0.15) is 11.6 Å². The Labute approximate surface area is 156 Å². The summed E-state index contributed by atoms with van der Waals surface area (Å²) < 4.78 is 11.7. The third-order valence-electron chi connectivity index (χ3n) is 5.17. The molecule has 0 N–H and O–H groups in total. The monoisotopic (exact) mass is 365 g/mol. The van der Waals surface area contributed by atoms with Gasteiger partial charge in [0, 0.05) is 38.0 Å². The van der Waals surface area contributed by atoms with E-state index in [1.165, 1.54) is 21.6 Å². The van der Waals surface area contributed by atoms with Gasteiger partial charge in [0.2, 0.25) is 0 Å². The molecule has 1 atom stereocenters. The van der Waals surface area contributed by atoms with Gasteiger partial charge in [-0.25, -0.2) is 0 Å². The number of carbonyl (C=O) groups is 1. The second-order valence-electron chi connectivity index (χ2n) is 6.73. The highest BCUT2D eigenvalue weighted by atomic mass is 32.1. The lowest BCUT2D eigenvalue weighted by atomic mass is 10.1. The summed E-state index contributed by atoms with van der Waals surface area (Å²) in [6.07, 6.45) is 0.297. The zero-order chi connectivity index (χ0) is 17.5. The Bertz CT molecular complexity index is 937. The lowest BCUT2D eigenvalue weighted by Gasteiger charge is -2.36. The van der Waals surface area contributed by atoms with Gasteiger partial charge in [-0.2, -0.15) is 4.37 Å². The van der Waals surface area contributed by atoms with Crippen molar-refractivity contribution in [3.8, 4) is 5.75 Å². The number of para-hydroxylation sites is 1. The van der Waals surface area contributed by atoms with E-state index in [0.29, 0.717) is 19.5 Å². The summed E-state index contributed by atoms with van der Waals surface area (Å²) in [5.74, 6) is 1.99. The predicted octanol–water partition coefficient (Wildman–Crippen LogP) is 2.95. The number of hydrogen-bond acceptors (Lipinski definition) is 5. The van der Waals surface area contributed by atoms with Crippen molar-refractivity contribution in [1.82, 2.24) is 9.27 Å². The molecular weight excluding hydrogens is 346 g/mol. The van der Waals surface area contributed by atoms with Gasteiger partial charge >= 0.3 is 0 Å². The maximum absolute atomic E-state index is 12.8. The van der Waals surface area contributed by atoms with E-state index in [1.807, 2.05) is 35.2 Å². The first kappa shape index (κ1) is 15.6. The minimum absolute atomic E-state index is 0.101. The Kier molecular flexibility index (Phi) is 3.78. The number of hydrogen-bond donors (Lipinski definition) is 0. The minimum Gasteiger partial charge on any atom is -0.480 e. The van der Waals surface area contributed by atoms with Crippen molar-refractivity contribution in [2.75, 3.05) is 31.1 Å². The molecule has 5 nitrogen and oxygen atoms in total. The maximum Gasteiger partial charge on any atom is 0.264 e. The molecule has 1 saturated heterocycles. The highest BCUT2D eigenvalue weighted by Gasteiger charge is 2.34. The van der Waals surface area contributed by atoms with E-state index in [9.17, 15) is 4.79 Å². The third-order valence-corrected chi connectivity index (χ3v) is 5.99. The second kappa shape index (κ2) is 6.29. The largest absolute Gasteiger partial charge is 0.480 e. The first-order valence-electron chi connectivity index (χ1n) is 8.92. The number of benzene rings is 2. The lowest BCUT2D eigenvalue weighted by molar-refractivity contribution is -0.138. The van der Waals surface area contributed by atoms with E-state index in [4.69, 9.17) is 4.74 Å². The number of anilines is 1. The van der Waals surface area contributed by atoms with Gasteiger partial charge in [-0.15, -0.1) is 0 Å². The summed E-state index contributed by atoms with van der Waals surface area (Å²) in [5.41, 5.74) is 1.12. The van der Waals surface area contributed by atoms with E-state index in [-0.39, 0.29) is 12.0 Å². The molecule has 2 aliphatic rings. The maximum atomic E-state index is 12.8. The van der Waals surface area contributed by atoms with E-state index in [1.54, 1.807) is 0 Å². The summed E-state index contributed by atoms with van der Waals surface area (Å²) in [6, 6.07) is 16.2. The molecule has 1 amide bonds. The summed E-state index contributed by atoms with van der Waals surface area (Å²) in [5, 5.41) is 1.20. The van der Waals surface area contributed by atoms with Crippen LogP contribution in [0.2, 0.25) is 0 Å². The number of piperazine rings is 1. The van der Waals surface area contributed by atoms with Crippen LogP contribution in [0.4, 0.5) is 5.82 Å². The second-order valence-corrected chi connectivity index (χ2v) is 7.54. The molecule has 0 saturated carbocycles. The van der Waals surface area contributed by atoms with E-state index < -0.39 is 0 Å². The van der Waals surface area contributed by atoms with Crippen molar-refractivity contribution in [1.29, 1.82) is 0 Å². The molecule has 26 heavy (non-hydrogen) atoms. The SMILES string of the molecule is O=C(C1Cc2ccccc2O1)N1CCN(c2nsc3ccccc23)CC1. The van der Waals surface area contributed by atoms with Gasteiger partial charge < -0.3 is 14.5 Å². The highest BCUT2D eigenvalue weighted by molar-refractivity contribution is 7.13. The molecule has 2 aliphatic heterocycles. The molecule has 1 unspecified atom stereocenters. The third kappa shape index (κ3) is 2.61. The number of carbonyl (C=O) groups excluding carboxylic acids is 1. The Morgan fingerprint density at radius 2 is 1.81 bits per heavy atom. The van der Waals surface area contributed by atoms with Gasteiger partial charge in [-0.3, -0.25) is 4.79 Å². The Morgan fingerprint density at radius 1 is 1.04 bits per heavy atom. The lowest BCUT2D eigenvalue weighted by Crippen LogP contribution is -2.52. The molecule has 3 aromatic rings. The topological polar surface area (TPSA) is 45.7 Å². The molecule has 1 fully saturated rings. The quantitative estimate of drug-likeness (QED) is 0.700. The summed E-state index contributed by atoms with van der Waals surface area (Å²) in [4.78, 5) is 17.1. The first-order chi connectivity index (χ1) is 12.8. The van der Waals surface area contributed by atoms with Gasteiger partial charge in [0.15, 0.2) is 6.10 Å². The van der Waals surface area contributed by atoms with E-state index in [2.05, 4.69) is 27.5 Å². The van der Waals surface area contributed by atoms with Crippen LogP contribution in [0, 0.1) is 0 Å². The molecule has 0 aliphatic carbocycles. The van der Waals surface area contributed by atoms with E-state index in [0.717, 1.165) is 30.2 Å². The molecule has 0 bridgehead atoms. The molecular formula is C20H19N3O2S. The van der Waals surface area contributed by atoms with Gasteiger partial charge in [-0.05, 0) is 35.3 Å². The predicted molar refractivity (Wildman–Crippen MR) is 103 cm³/mol. The van der Waals surface area contributed by atoms with Gasteiger partial charge in [-0.1, -0.05) is 30.3 Å². The molecule has 132 valence electrons. The molecule has 3 heterocycles. The Hall–Kier alpha value is -2.60. The van der Waals surface area contributed by atoms with Gasteiger partial charge in [0.25, 0.3) is 5.91 Å². The number of fused-ring (bicyclic) bond motifs is 2. The van der Waals surface area contributed by atoms with Crippen molar-refractivity contribution in [3.63, 3.8) is 0 Å². The molecule has 5 rings (SSSR count).